The molecule has 1 fully saturated rings. The van der Waals surface area contributed by atoms with E-state index in [1.54, 1.807) is 12.1 Å². The fraction of sp³-hybridized carbons (Fsp3) is 0.500. The first-order chi connectivity index (χ1) is 8.97. The summed E-state index contributed by atoms with van der Waals surface area (Å²) in [4.78, 5) is 12.1. The molecular weight excluding hydrogens is 283 g/mol. The molecule has 0 aliphatic heterocycles. The Morgan fingerprint density at radius 2 is 1.95 bits per heavy atom. The number of hydrogen-bond donors (Lipinski definition) is 2. The normalized spacial score (nSPS) is 16.8. The van der Waals surface area contributed by atoms with Gasteiger partial charge >= 0.3 is 0 Å². The van der Waals surface area contributed by atoms with Crippen molar-refractivity contribution in [2.45, 2.75) is 32.6 Å². The Labute approximate surface area is 123 Å². The van der Waals surface area contributed by atoms with Gasteiger partial charge in [-0.25, -0.2) is 0 Å². The van der Waals surface area contributed by atoms with Crippen molar-refractivity contribution in [1.82, 2.24) is 5.32 Å². The number of carbonyl (C=O) groups is 1. The molecule has 0 saturated heterocycles. The van der Waals surface area contributed by atoms with Crippen LogP contribution in [0, 0.1) is 5.41 Å². The highest BCUT2D eigenvalue weighted by Gasteiger charge is 2.35. The number of nitrogen functional groups attached to an aromatic ring is 1. The van der Waals surface area contributed by atoms with Crippen LogP contribution in [-0.4, -0.2) is 12.5 Å². The molecule has 104 valence electrons. The van der Waals surface area contributed by atoms with Crippen LogP contribution in [0.3, 0.4) is 0 Å². The van der Waals surface area contributed by atoms with Crippen LogP contribution in [-0.2, 0) is 0 Å². The SMILES string of the molecule is CCC1(CNC(=O)c2cc(Cl)c(N)c(Cl)c2)CCC1. The van der Waals surface area contributed by atoms with Gasteiger partial charge in [-0.15, -0.1) is 0 Å². The molecule has 2 rings (SSSR count). The van der Waals surface area contributed by atoms with Crippen LogP contribution in [0.15, 0.2) is 12.1 Å². The Balaban J connectivity index is 2.04. The van der Waals surface area contributed by atoms with Crippen LogP contribution < -0.4 is 11.1 Å². The van der Waals surface area contributed by atoms with Crippen LogP contribution in [0.2, 0.25) is 10.0 Å². The summed E-state index contributed by atoms with van der Waals surface area (Å²) >= 11 is 11.9. The molecule has 0 heterocycles. The summed E-state index contributed by atoms with van der Waals surface area (Å²) in [5.74, 6) is -0.150. The molecule has 0 spiro atoms. The van der Waals surface area contributed by atoms with Gasteiger partial charge in [0.25, 0.3) is 5.91 Å². The number of benzene rings is 1. The molecule has 3 N–H and O–H groups in total. The van der Waals surface area contributed by atoms with Crippen molar-refractivity contribution >= 4 is 34.8 Å². The van der Waals surface area contributed by atoms with Gasteiger partial charge in [0.2, 0.25) is 0 Å². The molecule has 1 aliphatic carbocycles. The highest BCUT2D eigenvalue weighted by atomic mass is 35.5. The lowest BCUT2D eigenvalue weighted by Gasteiger charge is -2.41. The molecule has 1 aromatic rings. The van der Waals surface area contributed by atoms with Gasteiger partial charge in [0.05, 0.1) is 15.7 Å². The summed E-state index contributed by atoms with van der Waals surface area (Å²) in [6.07, 6.45) is 4.72. The molecule has 1 aliphatic rings. The number of halogens is 2. The summed E-state index contributed by atoms with van der Waals surface area (Å²) < 4.78 is 0. The van der Waals surface area contributed by atoms with Gasteiger partial charge in [-0.3, -0.25) is 4.79 Å². The van der Waals surface area contributed by atoms with E-state index in [9.17, 15) is 4.79 Å². The quantitative estimate of drug-likeness (QED) is 0.829. The van der Waals surface area contributed by atoms with Crippen molar-refractivity contribution in [3.63, 3.8) is 0 Å². The smallest absolute Gasteiger partial charge is 0.251 e. The molecule has 1 amide bonds. The number of nitrogens with two attached hydrogens (primary N) is 1. The number of rotatable bonds is 4. The summed E-state index contributed by atoms with van der Waals surface area (Å²) in [6, 6.07) is 3.11. The minimum atomic E-state index is -0.150. The van der Waals surface area contributed by atoms with Gasteiger partial charge in [-0.1, -0.05) is 36.5 Å². The van der Waals surface area contributed by atoms with E-state index in [4.69, 9.17) is 28.9 Å². The highest BCUT2D eigenvalue weighted by molar-refractivity contribution is 6.39. The zero-order chi connectivity index (χ0) is 14.0. The van der Waals surface area contributed by atoms with Crippen LogP contribution in [0.5, 0.6) is 0 Å². The lowest BCUT2D eigenvalue weighted by molar-refractivity contribution is 0.0850. The van der Waals surface area contributed by atoms with Gasteiger partial charge in [0.15, 0.2) is 0 Å². The first-order valence-corrected chi connectivity index (χ1v) is 7.26. The third kappa shape index (κ3) is 2.98. The molecule has 0 unspecified atom stereocenters. The zero-order valence-electron chi connectivity index (χ0n) is 10.9. The van der Waals surface area contributed by atoms with E-state index < -0.39 is 0 Å². The Bertz CT molecular complexity index is 470. The summed E-state index contributed by atoms with van der Waals surface area (Å²) in [7, 11) is 0. The number of amides is 1. The highest BCUT2D eigenvalue weighted by Crippen LogP contribution is 2.43. The number of nitrogens with one attached hydrogen (secondary N) is 1. The van der Waals surface area contributed by atoms with Gasteiger partial charge in [0, 0.05) is 12.1 Å². The van der Waals surface area contributed by atoms with Gasteiger partial charge in [0.1, 0.15) is 0 Å². The second-order valence-electron chi connectivity index (χ2n) is 5.24. The zero-order valence-corrected chi connectivity index (χ0v) is 12.4. The number of carbonyl (C=O) groups excluding carboxylic acids is 1. The van der Waals surface area contributed by atoms with E-state index in [0.29, 0.717) is 27.8 Å². The topological polar surface area (TPSA) is 55.1 Å². The lowest BCUT2D eigenvalue weighted by atomic mass is 9.67. The van der Waals surface area contributed by atoms with E-state index in [1.165, 1.54) is 19.3 Å². The van der Waals surface area contributed by atoms with Crippen LogP contribution in [0.1, 0.15) is 43.0 Å². The van der Waals surface area contributed by atoms with Crippen molar-refractivity contribution in [1.29, 1.82) is 0 Å². The Hall–Kier alpha value is -0.930. The van der Waals surface area contributed by atoms with Crippen molar-refractivity contribution < 1.29 is 4.79 Å². The second kappa shape index (κ2) is 5.59. The van der Waals surface area contributed by atoms with Gasteiger partial charge in [-0.05, 0) is 36.8 Å². The minimum absolute atomic E-state index is 0.150. The third-order valence-corrected chi connectivity index (χ3v) is 4.75. The number of anilines is 1. The molecule has 0 aromatic heterocycles. The largest absolute Gasteiger partial charge is 0.396 e. The van der Waals surface area contributed by atoms with E-state index in [2.05, 4.69) is 12.2 Å². The first-order valence-electron chi connectivity index (χ1n) is 6.50. The lowest BCUT2D eigenvalue weighted by Crippen LogP contribution is -2.41. The van der Waals surface area contributed by atoms with Crippen LogP contribution in [0.4, 0.5) is 5.69 Å². The summed E-state index contributed by atoms with van der Waals surface area (Å²) in [6.45, 7) is 2.88. The molecular formula is C14H18Cl2N2O. The molecule has 1 aromatic carbocycles. The van der Waals surface area contributed by atoms with Crippen molar-refractivity contribution in [2.24, 2.45) is 5.41 Å². The molecule has 19 heavy (non-hydrogen) atoms. The fourth-order valence-electron chi connectivity index (χ4n) is 2.42. The maximum absolute atomic E-state index is 12.1. The van der Waals surface area contributed by atoms with Gasteiger partial charge < -0.3 is 11.1 Å². The van der Waals surface area contributed by atoms with E-state index in [-0.39, 0.29) is 11.3 Å². The molecule has 0 bridgehead atoms. The first kappa shape index (κ1) is 14.5. The Morgan fingerprint density at radius 3 is 2.37 bits per heavy atom. The van der Waals surface area contributed by atoms with E-state index >= 15 is 0 Å². The van der Waals surface area contributed by atoms with Crippen molar-refractivity contribution in [2.75, 3.05) is 12.3 Å². The van der Waals surface area contributed by atoms with E-state index in [0.717, 1.165) is 6.42 Å². The minimum Gasteiger partial charge on any atom is -0.396 e. The maximum Gasteiger partial charge on any atom is 0.251 e. The molecule has 0 radical (unpaired) electrons. The predicted molar refractivity (Wildman–Crippen MR) is 79.8 cm³/mol. The number of hydrogen-bond acceptors (Lipinski definition) is 2. The Kier molecular flexibility index (Phi) is 4.26. The fourth-order valence-corrected chi connectivity index (χ4v) is 2.90. The third-order valence-electron chi connectivity index (χ3n) is 4.13. The van der Waals surface area contributed by atoms with E-state index in [1.807, 2.05) is 0 Å². The Morgan fingerprint density at radius 1 is 1.37 bits per heavy atom. The summed E-state index contributed by atoms with van der Waals surface area (Å²) in [5, 5.41) is 3.59. The molecule has 3 nitrogen and oxygen atoms in total. The van der Waals surface area contributed by atoms with Crippen LogP contribution in [0.25, 0.3) is 0 Å². The van der Waals surface area contributed by atoms with Crippen LogP contribution >= 0.6 is 23.2 Å². The average Bonchev–Trinajstić information content (AvgIpc) is 2.34. The molecule has 1 saturated carbocycles. The van der Waals surface area contributed by atoms with Gasteiger partial charge in [-0.2, -0.15) is 0 Å². The standard InChI is InChI=1S/C14H18Cl2N2O/c1-2-14(4-3-5-14)8-18-13(19)9-6-10(15)12(17)11(16)7-9/h6-7H,2-5,8,17H2,1H3,(H,18,19). The summed E-state index contributed by atoms with van der Waals surface area (Å²) in [5.41, 5.74) is 6.70. The second-order valence-corrected chi connectivity index (χ2v) is 6.06. The monoisotopic (exact) mass is 300 g/mol. The molecule has 5 heteroatoms. The predicted octanol–water partition coefficient (Wildman–Crippen LogP) is 3.89. The molecule has 0 atom stereocenters. The van der Waals surface area contributed by atoms with Crippen molar-refractivity contribution in [3.8, 4) is 0 Å². The van der Waals surface area contributed by atoms with Crippen molar-refractivity contribution in [3.05, 3.63) is 27.7 Å². The maximum atomic E-state index is 12.1. The average molecular weight is 301 g/mol.